The van der Waals surface area contributed by atoms with Crippen LogP contribution in [0.3, 0.4) is 0 Å². The number of oxazole rings is 1. The van der Waals surface area contributed by atoms with Gasteiger partial charge in [0.15, 0.2) is 5.58 Å². The first kappa shape index (κ1) is 12.8. The van der Waals surface area contributed by atoms with Gasteiger partial charge in [-0.25, -0.2) is 9.37 Å². The van der Waals surface area contributed by atoms with Gasteiger partial charge >= 0.3 is 0 Å². The molecule has 3 nitrogen and oxygen atoms in total. The van der Waals surface area contributed by atoms with Crippen molar-refractivity contribution in [1.29, 1.82) is 0 Å². The number of hydrogen-bond donors (Lipinski definition) is 1. The smallest absolute Gasteiger partial charge is 0.227 e. The topological polar surface area (TPSA) is 38.1 Å². The van der Waals surface area contributed by atoms with Gasteiger partial charge in [0.25, 0.3) is 0 Å². The Kier molecular flexibility index (Phi) is 3.48. The van der Waals surface area contributed by atoms with E-state index in [1.165, 1.54) is 12.1 Å². The molecule has 102 valence electrons. The zero-order chi connectivity index (χ0) is 13.9. The van der Waals surface area contributed by atoms with Crippen molar-refractivity contribution >= 4 is 11.1 Å². The molecule has 0 aliphatic rings. The highest BCUT2D eigenvalue weighted by Gasteiger charge is 2.09. The van der Waals surface area contributed by atoms with Crippen LogP contribution >= 0.6 is 0 Å². The minimum absolute atomic E-state index is 0.294. The number of fused-ring (bicyclic) bond motifs is 1. The molecule has 0 atom stereocenters. The predicted octanol–water partition coefficient (Wildman–Crippen LogP) is 3.74. The maximum atomic E-state index is 13.2. The van der Waals surface area contributed by atoms with Gasteiger partial charge in [-0.3, -0.25) is 0 Å². The van der Waals surface area contributed by atoms with Gasteiger partial charge in [-0.2, -0.15) is 0 Å². The van der Waals surface area contributed by atoms with E-state index in [1.807, 2.05) is 18.2 Å². The molecule has 3 aromatic rings. The van der Waals surface area contributed by atoms with Crippen molar-refractivity contribution in [1.82, 2.24) is 10.3 Å². The van der Waals surface area contributed by atoms with Crippen molar-refractivity contribution in [3.8, 4) is 11.5 Å². The van der Waals surface area contributed by atoms with Crippen LogP contribution in [-0.2, 0) is 6.54 Å². The van der Waals surface area contributed by atoms with Crippen LogP contribution in [0.1, 0.15) is 12.5 Å². The molecule has 0 amide bonds. The van der Waals surface area contributed by atoms with Gasteiger partial charge in [0.1, 0.15) is 11.3 Å². The molecule has 4 heteroatoms. The second-order valence-electron chi connectivity index (χ2n) is 4.61. The number of benzene rings is 2. The molecule has 0 saturated carbocycles. The van der Waals surface area contributed by atoms with E-state index in [9.17, 15) is 4.39 Å². The van der Waals surface area contributed by atoms with Crippen LogP contribution in [0.5, 0.6) is 0 Å². The van der Waals surface area contributed by atoms with E-state index < -0.39 is 0 Å². The first-order valence-electron chi connectivity index (χ1n) is 6.62. The summed E-state index contributed by atoms with van der Waals surface area (Å²) in [4.78, 5) is 4.43. The van der Waals surface area contributed by atoms with Crippen LogP contribution < -0.4 is 5.32 Å². The summed E-state index contributed by atoms with van der Waals surface area (Å²) in [6.45, 7) is 3.79. The quantitative estimate of drug-likeness (QED) is 0.784. The first-order chi connectivity index (χ1) is 9.76. The largest absolute Gasteiger partial charge is 0.436 e. The van der Waals surface area contributed by atoms with Gasteiger partial charge < -0.3 is 9.73 Å². The van der Waals surface area contributed by atoms with Crippen LogP contribution in [0.2, 0.25) is 0 Å². The van der Waals surface area contributed by atoms with Gasteiger partial charge in [-0.05, 0) is 42.4 Å². The molecular weight excluding hydrogens is 255 g/mol. The van der Waals surface area contributed by atoms with Crippen LogP contribution in [-0.4, -0.2) is 11.5 Å². The molecule has 0 saturated heterocycles. The molecule has 0 spiro atoms. The first-order valence-corrected chi connectivity index (χ1v) is 6.62. The number of hydrogen-bond acceptors (Lipinski definition) is 3. The molecule has 0 bridgehead atoms. The Labute approximate surface area is 116 Å². The minimum atomic E-state index is -0.294. The van der Waals surface area contributed by atoms with Crippen molar-refractivity contribution in [3.05, 3.63) is 53.8 Å². The highest BCUT2D eigenvalue weighted by molar-refractivity contribution is 5.76. The fourth-order valence-electron chi connectivity index (χ4n) is 2.10. The molecule has 3 rings (SSSR count). The highest BCUT2D eigenvalue weighted by Crippen LogP contribution is 2.25. The van der Waals surface area contributed by atoms with E-state index in [0.717, 1.165) is 24.2 Å². The maximum Gasteiger partial charge on any atom is 0.227 e. The normalized spacial score (nSPS) is 11.1. The fourth-order valence-corrected chi connectivity index (χ4v) is 2.10. The Morgan fingerprint density at radius 2 is 2.10 bits per heavy atom. The summed E-state index contributed by atoms with van der Waals surface area (Å²) in [5.74, 6) is 0.151. The Morgan fingerprint density at radius 1 is 1.20 bits per heavy atom. The average molecular weight is 270 g/mol. The molecule has 0 aliphatic carbocycles. The maximum absolute atomic E-state index is 13.2. The predicted molar refractivity (Wildman–Crippen MR) is 76.8 cm³/mol. The molecule has 2 aromatic carbocycles. The summed E-state index contributed by atoms with van der Waals surface area (Å²) in [5.41, 5.74) is 3.30. The summed E-state index contributed by atoms with van der Waals surface area (Å²) < 4.78 is 18.9. The Balaban J connectivity index is 1.98. The van der Waals surface area contributed by atoms with Crippen molar-refractivity contribution in [2.24, 2.45) is 0 Å². The summed E-state index contributed by atoms with van der Waals surface area (Å²) in [6, 6.07) is 12.2. The van der Waals surface area contributed by atoms with Crippen LogP contribution in [0.15, 0.2) is 46.9 Å². The van der Waals surface area contributed by atoms with Crippen LogP contribution in [0.25, 0.3) is 22.6 Å². The molecule has 1 aromatic heterocycles. The van der Waals surface area contributed by atoms with E-state index in [4.69, 9.17) is 4.42 Å². The molecule has 0 unspecified atom stereocenters. The lowest BCUT2D eigenvalue weighted by molar-refractivity contribution is 0.611. The zero-order valence-corrected chi connectivity index (χ0v) is 11.2. The van der Waals surface area contributed by atoms with E-state index in [2.05, 4.69) is 17.2 Å². The van der Waals surface area contributed by atoms with Crippen molar-refractivity contribution in [3.63, 3.8) is 0 Å². The van der Waals surface area contributed by atoms with Gasteiger partial charge in [0.05, 0.1) is 0 Å². The van der Waals surface area contributed by atoms with Crippen molar-refractivity contribution in [2.45, 2.75) is 13.5 Å². The molecule has 20 heavy (non-hydrogen) atoms. The van der Waals surface area contributed by atoms with Gasteiger partial charge in [-0.1, -0.05) is 19.1 Å². The number of nitrogens with one attached hydrogen (secondary N) is 1. The summed E-state index contributed by atoms with van der Waals surface area (Å²) in [7, 11) is 0. The molecular formula is C16H15FN2O. The monoisotopic (exact) mass is 270 g/mol. The molecule has 0 radical (unpaired) electrons. The number of halogens is 1. The molecule has 1 heterocycles. The van der Waals surface area contributed by atoms with E-state index in [0.29, 0.717) is 17.0 Å². The number of nitrogens with zero attached hydrogens (tertiary/aromatic N) is 1. The van der Waals surface area contributed by atoms with E-state index in [-0.39, 0.29) is 5.82 Å². The second-order valence-corrected chi connectivity index (χ2v) is 4.61. The molecule has 0 aliphatic heterocycles. The lowest BCUT2D eigenvalue weighted by atomic mass is 10.2. The Morgan fingerprint density at radius 3 is 2.90 bits per heavy atom. The summed E-state index contributed by atoms with van der Waals surface area (Å²) >= 11 is 0. The molecule has 1 N–H and O–H groups in total. The van der Waals surface area contributed by atoms with Crippen LogP contribution in [0.4, 0.5) is 4.39 Å². The standard InChI is InChI=1S/C16H15FN2O/c1-2-18-10-11-6-7-15-14(8-11)19-16(20-15)12-4-3-5-13(17)9-12/h3-9,18H,2,10H2,1H3. The zero-order valence-electron chi connectivity index (χ0n) is 11.2. The SMILES string of the molecule is CCNCc1ccc2oc(-c3cccc(F)c3)nc2c1. The average Bonchev–Trinajstić information content (AvgIpc) is 2.88. The Bertz CT molecular complexity index is 736. The van der Waals surface area contributed by atoms with Gasteiger partial charge in [0, 0.05) is 12.1 Å². The summed E-state index contributed by atoms with van der Waals surface area (Å²) in [6.07, 6.45) is 0. The van der Waals surface area contributed by atoms with E-state index in [1.54, 1.807) is 12.1 Å². The Hall–Kier alpha value is -2.20. The van der Waals surface area contributed by atoms with Gasteiger partial charge in [-0.15, -0.1) is 0 Å². The summed E-state index contributed by atoms with van der Waals surface area (Å²) in [5, 5.41) is 3.27. The lowest BCUT2D eigenvalue weighted by Crippen LogP contribution is -2.11. The fraction of sp³-hybridized carbons (Fsp3) is 0.188. The third-order valence-electron chi connectivity index (χ3n) is 3.10. The number of aromatic nitrogens is 1. The third kappa shape index (κ3) is 2.56. The number of rotatable bonds is 4. The van der Waals surface area contributed by atoms with Crippen molar-refractivity contribution < 1.29 is 8.81 Å². The van der Waals surface area contributed by atoms with Crippen molar-refractivity contribution in [2.75, 3.05) is 6.54 Å². The molecule has 0 fully saturated rings. The van der Waals surface area contributed by atoms with Crippen LogP contribution in [0, 0.1) is 5.82 Å². The van der Waals surface area contributed by atoms with E-state index >= 15 is 0 Å². The lowest BCUT2D eigenvalue weighted by Gasteiger charge is -2.00. The highest BCUT2D eigenvalue weighted by atomic mass is 19.1. The second kappa shape index (κ2) is 5.43. The minimum Gasteiger partial charge on any atom is -0.436 e. The van der Waals surface area contributed by atoms with Gasteiger partial charge in [0.2, 0.25) is 5.89 Å². The third-order valence-corrected chi connectivity index (χ3v) is 3.10.